The van der Waals surface area contributed by atoms with Crippen LogP contribution in [0.2, 0.25) is 0 Å². The van der Waals surface area contributed by atoms with Crippen LogP contribution in [0.5, 0.6) is 0 Å². The van der Waals surface area contributed by atoms with E-state index in [4.69, 9.17) is 15.9 Å². The van der Waals surface area contributed by atoms with Crippen molar-refractivity contribution < 1.29 is 19.1 Å². The Kier molecular flexibility index (Phi) is 5.65. The molecule has 0 aliphatic heterocycles. The molecule has 1 aromatic rings. The Hall–Kier alpha value is -2.48. The van der Waals surface area contributed by atoms with Gasteiger partial charge in [0.25, 0.3) is 0 Å². The molecule has 2 atom stereocenters. The third-order valence-electron chi connectivity index (χ3n) is 4.48. The average Bonchev–Trinajstić information content (AvgIpc) is 2.84. The summed E-state index contributed by atoms with van der Waals surface area (Å²) >= 11 is 0. The van der Waals surface area contributed by atoms with Crippen molar-refractivity contribution in [2.24, 2.45) is 17.3 Å². The van der Waals surface area contributed by atoms with Gasteiger partial charge >= 0.3 is 11.9 Å². The molecular formula is C21H27NO4. The molecule has 1 heterocycles. The third-order valence-corrected chi connectivity index (χ3v) is 4.48. The fraction of sp³-hybridized carbons (Fsp3) is 0.524. The largest absolute Gasteiger partial charge is 0.461 e. The zero-order chi connectivity index (χ0) is 19.5. The zero-order valence-corrected chi connectivity index (χ0v) is 16.1. The van der Waals surface area contributed by atoms with E-state index in [1.807, 2.05) is 57.6 Å². The lowest BCUT2D eigenvalue weighted by atomic mass is 10.1. The molecule has 1 saturated carbocycles. The second-order valence-electron chi connectivity index (χ2n) is 8.22. The van der Waals surface area contributed by atoms with Gasteiger partial charge in [0, 0.05) is 24.0 Å². The molecule has 0 bridgehead atoms. The van der Waals surface area contributed by atoms with E-state index in [9.17, 15) is 9.59 Å². The molecular weight excluding hydrogens is 330 g/mol. The summed E-state index contributed by atoms with van der Waals surface area (Å²) in [5.41, 5.74) is 0.132. The van der Waals surface area contributed by atoms with Gasteiger partial charge in [-0.25, -0.2) is 4.79 Å². The van der Waals surface area contributed by atoms with Crippen LogP contribution in [0.1, 0.15) is 40.2 Å². The second-order valence-corrected chi connectivity index (χ2v) is 8.22. The van der Waals surface area contributed by atoms with Gasteiger partial charge in [0.2, 0.25) is 0 Å². The fourth-order valence-electron chi connectivity index (χ4n) is 3.03. The van der Waals surface area contributed by atoms with E-state index < -0.39 is 11.6 Å². The number of allylic oxidation sites excluding steroid dienone is 1. The minimum Gasteiger partial charge on any atom is -0.461 e. The number of aromatic nitrogens is 1. The molecule has 140 valence electrons. The van der Waals surface area contributed by atoms with Crippen molar-refractivity contribution in [3.05, 3.63) is 36.2 Å². The maximum absolute atomic E-state index is 12.4. The zero-order valence-electron chi connectivity index (χ0n) is 16.1. The number of carbonyl (C=O) groups is 2. The lowest BCUT2D eigenvalue weighted by molar-refractivity contribution is -0.149. The lowest BCUT2D eigenvalue weighted by Gasteiger charge is -2.17. The summed E-state index contributed by atoms with van der Waals surface area (Å²) in [5, 5.41) is 0. The van der Waals surface area contributed by atoms with Crippen LogP contribution in [-0.4, -0.2) is 22.1 Å². The van der Waals surface area contributed by atoms with Gasteiger partial charge in [0.15, 0.2) is 0 Å². The number of ether oxygens (including phenoxy) is 2. The highest BCUT2D eigenvalue weighted by molar-refractivity contribution is 5.83. The summed E-state index contributed by atoms with van der Waals surface area (Å²) in [7, 11) is 0. The Bertz CT molecular complexity index is 743. The normalized spacial score (nSPS) is 21.2. The van der Waals surface area contributed by atoms with Crippen molar-refractivity contribution in [3.8, 4) is 12.3 Å². The summed E-state index contributed by atoms with van der Waals surface area (Å²) in [6, 6.07) is 1.88. The molecule has 0 saturated heterocycles. The first-order valence-corrected chi connectivity index (χ1v) is 8.70. The molecule has 0 amide bonds. The molecule has 1 aliphatic rings. The molecule has 0 radical (unpaired) electrons. The van der Waals surface area contributed by atoms with E-state index in [1.165, 1.54) is 6.08 Å². The van der Waals surface area contributed by atoms with Crippen molar-refractivity contribution in [3.63, 3.8) is 0 Å². The van der Waals surface area contributed by atoms with E-state index in [-0.39, 0.29) is 29.8 Å². The van der Waals surface area contributed by atoms with Gasteiger partial charge in [-0.05, 0) is 38.2 Å². The minimum absolute atomic E-state index is 0.0337. The first kappa shape index (κ1) is 19.8. The Morgan fingerprint density at radius 1 is 1.38 bits per heavy atom. The van der Waals surface area contributed by atoms with Crippen LogP contribution in [0.3, 0.4) is 0 Å². The summed E-state index contributed by atoms with van der Waals surface area (Å²) in [5.74, 6) is 1.61. The maximum atomic E-state index is 12.4. The van der Waals surface area contributed by atoms with Crippen LogP contribution in [0, 0.1) is 29.6 Å². The molecule has 5 nitrogen and oxygen atoms in total. The lowest BCUT2D eigenvalue weighted by Crippen LogP contribution is -2.22. The molecule has 5 heteroatoms. The van der Waals surface area contributed by atoms with Crippen LogP contribution in [0.25, 0.3) is 0 Å². The maximum Gasteiger partial charge on any atom is 0.330 e. The molecule has 0 N–H and O–H groups in total. The van der Waals surface area contributed by atoms with Gasteiger partial charge < -0.3 is 14.0 Å². The van der Waals surface area contributed by atoms with Gasteiger partial charge in [-0.3, -0.25) is 4.79 Å². The van der Waals surface area contributed by atoms with E-state index >= 15 is 0 Å². The van der Waals surface area contributed by atoms with Crippen LogP contribution in [0.4, 0.5) is 0 Å². The minimum atomic E-state index is -0.533. The number of rotatable bonds is 6. The van der Waals surface area contributed by atoms with E-state index in [1.54, 1.807) is 6.08 Å². The topological polar surface area (TPSA) is 57.5 Å². The first-order chi connectivity index (χ1) is 12.0. The van der Waals surface area contributed by atoms with E-state index in [0.29, 0.717) is 6.54 Å². The molecule has 1 aromatic heterocycles. The van der Waals surface area contributed by atoms with Crippen LogP contribution >= 0.6 is 0 Å². The number of carbonyl (C=O) groups excluding carboxylic acids is 2. The summed E-state index contributed by atoms with van der Waals surface area (Å²) in [6.45, 7) is 10.1. The van der Waals surface area contributed by atoms with Crippen molar-refractivity contribution in [1.82, 2.24) is 4.57 Å². The van der Waals surface area contributed by atoms with Crippen molar-refractivity contribution in [2.45, 2.75) is 53.4 Å². The number of terminal acetylenes is 1. The smallest absolute Gasteiger partial charge is 0.330 e. The van der Waals surface area contributed by atoms with E-state index in [0.717, 1.165) is 5.56 Å². The monoisotopic (exact) mass is 357 g/mol. The summed E-state index contributed by atoms with van der Waals surface area (Å²) in [4.78, 5) is 24.2. The fourth-order valence-corrected chi connectivity index (χ4v) is 3.03. The standard InChI is InChI=1S/C21H27NO4/c1-7-11-22-12-10-15(13-22)14-25-19(24)18-16(21(18,5)6)8-9-17(23)26-20(2,3)4/h1,8-10,12-13,16,18H,11,14H2,2-6H3/t16-,18-/m0/s1. The SMILES string of the molecule is C#CCn1ccc(COC(=O)[C@@H]2[C@H](C=CC(=O)OC(C)(C)C)C2(C)C)c1. The Morgan fingerprint density at radius 3 is 2.69 bits per heavy atom. The molecule has 1 aliphatic carbocycles. The molecule has 1 fully saturated rings. The van der Waals surface area contributed by atoms with Gasteiger partial charge in [0.1, 0.15) is 12.2 Å². The highest BCUT2D eigenvalue weighted by Gasteiger charge is 2.61. The van der Waals surface area contributed by atoms with Gasteiger partial charge in [-0.15, -0.1) is 6.42 Å². The van der Waals surface area contributed by atoms with Gasteiger partial charge in [-0.1, -0.05) is 25.8 Å². The second kappa shape index (κ2) is 7.41. The first-order valence-electron chi connectivity index (χ1n) is 8.70. The summed E-state index contributed by atoms with van der Waals surface area (Å²) < 4.78 is 12.5. The average molecular weight is 357 g/mol. The number of hydrogen-bond donors (Lipinski definition) is 0. The van der Waals surface area contributed by atoms with Crippen molar-refractivity contribution >= 4 is 11.9 Å². The van der Waals surface area contributed by atoms with Gasteiger partial charge in [-0.2, -0.15) is 0 Å². The highest BCUT2D eigenvalue weighted by Crippen LogP contribution is 2.59. The Labute approximate surface area is 155 Å². The molecule has 0 unspecified atom stereocenters. The predicted molar refractivity (Wildman–Crippen MR) is 98.8 cm³/mol. The quantitative estimate of drug-likeness (QED) is 0.445. The third kappa shape index (κ3) is 5.01. The molecule has 0 aromatic carbocycles. The highest BCUT2D eigenvalue weighted by atomic mass is 16.6. The van der Waals surface area contributed by atoms with Crippen LogP contribution in [0.15, 0.2) is 30.6 Å². The van der Waals surface area contributed by atoms with Gasteiger partial charge in [0.05, 0.1) is 12.5 Å². The Morgan fingerprint density at radius 2 is 2.08 bits per heavy atom. The summed E-state index contributed by atoms with van der Waals surface area (Å²) in [6.07, 6.45) is 12.2. The van der Waals surface area contributed by atoms with Crippen LogP contribution < -0.4 is 0 Å². The van der Waals surface area contributed by atoms with Crippen molar-refractivity contribution in [1.29, 1.82) is 0 Å². The Balaban J connectivity index is 1.88. The van der Waals surface area contributed by atoms with Crippen molar-refractivity contribution in [2.75, 3.05) is 0 Å². The number of hydrogen-bond acceptors (Lipinski definition) is 4. The predicted octanol–water partition coefficient (Wildman–Crippen LogP) is 3.33. The molecule has 0 spiro atoms. The van der Waals surface area contributed by atoms with E-state index in [2.05, 4.69) is 5.92 Å². The number of esters is 2. The molecule has 26 heavy (non-hydrogen) atoms. The molecule has 2 rings (SSSR count). The number of nitrogens with zero attached hydrogens (tertiary/aromatic N) is 1. The van der Waals surface area contributed by atoms with Crippen LogP contribution in [-0.2, 0) is 32.2 Å².